The molecule has 2 aliphatic rings. The van der Waals surface area contributed by atoms with Crippen molar-refractivity contribution in [3.8, 4) is 0 Å². The van der Waals surface area contributed by atoms with Gasteiger partial charge in [0, 0.05) is 38.2 Å². The Labute approximate surface area is 158 Å². The Balaban J connectivity index is 1.50. The molecule has 8 heteroatoms. The van der Waals surface area contributed by atoms with Crippen LogP contribution in [-0.2, 0) is 9.53 Å². The van der Waals surface area contributed by atoms with Crippen LogP contribution in [0.15, 0.2) is 10.9 Å². The molecule has 0 saturated carbocycles. The Morgan fingerprint density at radius 1 is 1.31 bits per heavy atom. The van der Waals surface area contributed by atoms with Crippen LogP contribution in [0.4, 0.5) is 0 Å². The number of nitrogens with two attached hydrogens (primary N) is 1. The predicted octanol–water partition coefficient (Wildman–Crippen LogP) is 1.35. The van der Waals surface area contributed by atoms with Crippen molar-refractivity contribution in [3.05, 3.63) is 16.6 Å². The van der Waals surface area contributed by atoms with Gasteiger partial charge in [0.05, 0.1) is 10.9 Å². The Morgan fingerprint density at radius 3 is 2.54 bits per heavy atom. The van der Waals surface area contributed by atoms with E-state index in [2.05, 4.69) is 9.88 Å². The molecule has 0 radical (unpaired) electrons. The molecule has 0 unspecified atom stereocenters. The lowest BCUT2D eigenvalue weighted by molar-refractivity contribution is -0.132. The van der Waals surface area contributed by atoms with Gasteiger partial charge in [-0.3, -0.25) is 9.59 Å². The number of thiazole rings is 1. The van der Waals surface area contributed by atoms with Gasteiger partial charge in [0.15, 0.2) is 0 Å². The van der Waals surface area contributed by atoms with Crippen molar-refractivity contribution in [1.82, 2.24) is 14.8 Å². The number of methoxy groups -OCH3 is 1. The van der Waals surface area contributed by atoms with Crippen molar-refractivity contribution in [3.63, 3.8) is 0 Å². The summed E-state index contributed by atoms with van der Waals surface area (Å²) >= 11 is 1.45. The number of aromatic nitrogens is 1. The largest absolute Gasteiger partial charge is 0.385 e. The van der Waals surface area contributed by atoms with Crippen molar-refractivity contribution in [1.29, 1.82) is 0 Å². The van der Waals surface area contributed by atoms with Crippen LogP contribution < -0.4 is 5.73 Å². The Morgan fingerprint density at radius 2 is 2.00 bits per heavy atom. The smallest absolute Gasteiger partial charge is 0.273 e. The maximum absolute atomic E-state index is 12.4. The molecule has 7 nitrogen and oxygen atoms in total. The molecule has 1 aromatic heterocycles. The number of likely N-dealkylation sites (tertiary alicyclic amines) is 2. The van der Waals surface area contributed by atoms with Gasteiger partial charge in [0.25, 0.3) is 5.91 Å². The monoisotopic (exact) mass is 380 g/mol. The van der Waals surface area contributed by atoms with Gasteiger partial charge in [0.2, 0.25) is 5.91 Å². The van der Waals surface area contributed by atoms with E-state index in [1.807, 2.05) is 10.3 Å². The van der Waals surface area contributed by atoms with Gasteiger partial charge in [-0.05, 0) is 45.2 Å². The minimum atomic E-state index is -0.423. The fourth-order valence-electron chi connectivity index (χ4n) is 4.15. The third-order valence-corrected chi connectivity index (χ3v) is 6.57. The predicted molar refractivity (Wildman–Crippen MR) is 100.0 cm³/mol. The molecule has 2 amide bonds. The van der Waals surface area contributed by atoms with Gasteiger partial charge in [-0.25, -0.2) is 4.98 Å². The lowest BCUT2D eigenvalue weighted by Crippen LogP contribution is -2.53. The number of primary amides is 1. The zero-order valence-electron chi connectivity index (χ0n) is 15.4. The van der Waals surface area contributed by atoms with E-state index >= 15 is 0 Å². The number of ether oxygens (including phenoxy) is 1. The van der Waals surface area contributed by atoms with E-state index in [1.165, 1.54) is 11.3 Å². The van der Waals surface area contributed by atoms with E-state index in [1.54, 1.807) is 12.6 Å². The first-order valence-electron chi connectivity index (χ1n) is 9.26. The van der Waals surface area contributed by atoms with E-state index in [0.717, 1.165) is 51.9 Å². The van der Waals surface area contributed by atoms with E-state index in [-0.39, 0.29) is 11.8 Å². The molecule has 2 aliphatic heterocycles. The van der Waals surface area contributed by atoms with Gasteiger partial charge in [-0.1, -0.05) is 0 Å². The summed E-state index contributed by atoms with van der Waals surface area (Å²) in [5.74, 6) is -0.159. The zero-order valence-corrected chi connectivity index (χ0v) is 16.2. The topological polar surface area (TPSA) is 88.8 Å². The summed E-state index contributed by atoms with van der Waals surface area (Å²) in [6.45, 7) is 3.87. The zero-order chi connectivity index (χ0) is 18.6. The molecule has 0 aliphatic carbocycles. The number of piperidine rings is 2. The van der Waals surface area contributed by atoms with Crippen molar-refractivity contribution in [2.45, 2.75) is 38.1 Å². The van der Waals surface area contributed by atoms with E-state index in [0.29, 0.717) is 24.8 Å². The van der Waals surface area contributed by atoms with Gasteiger partial charge in [-0.2, -0.15) is 0 Å². The van der Waals surface area contributed by atoms with Crippen molar-refractivity contribution in [2.24, 2.45) is 11.1 Å². The second kappa shape index (κ2) is 8.45. The number of carbonyl (C=O) groups excluding carboxylic acids is 2. The normalized spacial score (nSPS) is 21.7. The first-order valence-corrected chi connectivity index (χ1v) is 10.2. The summed E-state index contributed by atoms with van der Waals surface area (Å²) in [5.41, 5.74) is 7.53. The molecule has 2 fully saturated rings. The van der Waals surface area contributed by atoms with E-state index in [4.69, 9.17) is 10.5 Å². The van der Waals surface area contributed by atoms with Crippen LogP contribution >= 0.6 is 11.3 Å². The number of carbonyl (C=O) groups is 2. The summed E-state index contributed by atoms with van der Waals surface area (Å²) in [7, 11) is 1.66. The molecular weight excluding hydrogens is 352 g/mol. The number of rotatable bonds is 6. The highest BCUT2D eigenvalue weighted by atomic mass is 32.1. The number of nitrogens with zero attached hydrogens (tertiary/aromatic N) is 3. The molecule has 26 heavy (non-hydrogen) atoms. The van der Waals surface area contributed by atoms with E-state index in [9.17, 15) is 9.59 Å². The molecule has 0 bridgehead atoms. The number of hydrogen-bond acceptors (Lipinski definition) is 6. The van der Waals surface area contributed by atoms with Crippen LogP contribution in [0.2, 0.25) is 0 Å². The fraction of sp³-hybridized carbons (Fsp3) is 0.722. The fourth-order valence-corrected chi connectivity index (χ4v) is 4.67. The summed E-state index contributed by atoms with van der Waals surface area (Å²) < 4.78 is 5.16. The third-order valence-electron chi connectivity index (χ3n) is 5.98. The first kappa shape index (κ1) is 19.3. The first-order chi connectivity index (χ1) is 12.6. The standard InChI is InChI=1S/C18H28N4O3S/c1-25-11-6-18(17(19)24)4-9-21(10-5-18)14-2-7-22(8-3-14)16(23)15-12-26-13-20-15/h12-14H,2-11H2,1H3,(H2,19,24). The van der Waals surface area contributed by atoms with Crippen molar-refractivity contribution in [2.75, 3.05) is 39.9 Å². The SMILES string of the molecule is COCCC1(C(N)=O)CCN(C2CCN(C(=O)c3cscn3)CC2)CC1. The lowest BCUT2D eigenvalue weighted by atomic mass is 9.74. The second-order valence-corrected chi connectivity index (χ2v) is 8.04. The maximum Gasteiger partial charge on any atom is 0.273 e. The van der Waals surface area contributed by atoms with Crippen LogP contribution in [0.1, 0.15) is 42.6 Å². The van der Waals surface area contributed by atoms with Crippen LogP contribution in [0.3, 0.4) is 0 Å². The second-order valence-electron chi connectivity index (χ2n) is 7.32. The number of hydrogen-bond donors (Lipinski definition) is 1. The van der Waals surface area contributed by atoms with Gasteiger partial charge in [0.1, 0.15) is 5.69 Å². The molecule has 2 saturated heterocycles. The van der Waals surface area contributed by atoms with Crippen molar-refractivity contribution >= 4 is 23.2 Å². The Kier molecular flexibility index (Phi) is 6.26. The summed E-state index contributed by atoms with van der Waals surface area (Å²) in [4.78, 5) is 32.9. The molecule has 2 N–H and O–H groups in total. The third kappa shape index (κ3) is 4.07. The highest BCUT2D eigenvalue weighted by Gasteiger charge is 2.41. The maximum atomic E-state index is 12.4. The molecule has 0 spiro atoms. The van der Waals surface area contributed by atoms with Crippen LogP contribution in [0.5, 0.6) is 0 Å². The molecule has 144 valence electrons. The highest BCUT2D eigenvalue weighted by Crippen LogP contribution is 2.36. The average molecular weight is 381 g/mol. The Bertz CT molecular complexity index is 606. The van der Waals surface area contributed by atoms with Crippen LogP contribution in [0, 0.1) is 5.41 Å². The van der Waals surface area contributed by atoms with Crippen LogP contribution in [0.25, 0.3) is 0 Å². The summed E-state index contributed by atoms with van der Waals surface area (Å²) in [5, 5.41) is 1.81. The van der Waals surface area contributed by atoms with Crippen molar-refractivity contribution < 1.29 is 14.3 Å². The number of amides is 2. The average Bonchev–Trinajstić information content (AvgIpc) is 3.21. The Hall–Kier alpha value is -1.51. The van der Waals surface area contributed by atoms with Gasteiger partial charge < -0.3 is 20.3 Å². The summed E-state index contributed by atoms with van der Waals surface area (Å²) in [6.07, 6.45) is 4.23. The van der Waals surface area contributed by atoms with E-state index < -0.39 is 5.41 Å². The molecule has 0 atom stereocenters. The van der Waals surface area contributed by atoms with Gasteiger partial charge in [-0.15, -0.1) is 11.3 Å². The summed E-state index contributed by atoms with van der Waals surface area (Å²) in [6, 6.07) is 0.475. The highest BCUT2D eigenvalue weighted by molar-refractivity contribution is 7.07. The van der Waals surface area contributed by atoms with Crippen LogP contribution in [-0.4, -0.2) is 72.5 Å². The molecule has 3 heterocycles. The minimum absolute atomic E-state index is 0.0376. The molecule has 1 aromatic rings. The molecule has 0 aromatic carbocycles. The molecular formula is C18H28N4O3S. The minimum Gasteiger partial charge on any atom is -0.385 e. The molecule has 3 rings (SSSR count). The quantitative estimate of drug-likeness (QED) is 0.805. The lowest BCUT2D eigenvalue weighted by Gasteiger charge is -2.45. The van der Waals surface area contributed by atoms with Gasteiger partial charge >= 0.3 is 0 Å².